The van der Waals surface area contributed by atoms with Gasteiger partial charge in [0.15, 0.2) is 0 Å². The fraction of sp³-hybridized carbons (Fsp3) is 0. The Hall–Kier alpha value is -0.780. The molecule has 0 saturated heterocycles. The molecule has 0 spiro atoms. The standard InChI is InChI=1S/C8H6Cl2FNO2S/c9-7-2-1-6(5-8(7)10)12-3-4-15(11,13)14/h1-5,12H. The van der Waals surface area contributed by atoms with E-state index in [4.69, 9.17) is 23.2 Å². The van der Waals surface area contributed by atoms with E-state index in [-0.39, 0.29) is 0 Å². The summed E-state index contributed by atoms with van der Waals surface area (Å²) in [5.74, 6) is 0. The molecule has 0 aliphatic heterocycles. The van der Waals surface area contributed by atoms with Gasteiger partial charge in [-0.25, -0.2) is 0 Å². The van der Waals surface area contributed by atoms with Crippen LogP contribution in [0, 0.1) is 0 Å². The van der Waals surface area contributed by atoms with Crippen LogP contribution < -0.4 is 5.32 Å². The van der Waals surface area contributed by atoms with E-state index in [1.54, 1.807) is 6.07 Å². The summed E-state index contributed by atoms with van der Waals surface area (Å²) in [6, 6.07) is 4.59. The molecular formula is C8H6Cl2FNO2S. The lowest BCUT2D eigenvalue weighted by Crippen LogP contribution is -1.90. The highest BCUT2D eigenvalue weighted by atomic mass is 35.5. The van der Waals surface area contributed by atoms with Crippen molar-refractivity contribution >= 4 is 39.1 Å². The fourth-order valence-corrected chi connectivity index (χ4v) is 1.33. The van der Waals surface area contributed by atoms with E-state index in [0.717, 1.165) is 6.20 Å². The van der Waals surface area contributed by atoms with Crippen LogP contribution in [0.25, 0.3) is 0 Å². The van der Waals surface area contributed by atoms with Crippen molar-refractivity contribution < 1.29 is 12.3 Å². The first-order chi connectivity index (χ1) is 6.88. The third-order valence-electron chi connectivity index (χ3n) is 1.40. The molecular weight excluding hydrogens is 264 g/mol. The van der Waals surface area contributed by atoms with Crippen LogP contribution in [0.15, 0.2) is 29.8 Å². The highest BCUT2D eigenvalue weighted by Gasteiger charge is 1.99. The maximum atomic E-state index is 12.0. The van der Waals surface area contributed by atoms with Crippen LogP contribution in [-0.2, 0) is 10.2 Å². The van der Waals surface area contributed by atoms with E-state index < -0.39 is 10.2 Å². The van der Waals surface area contributed by atoms with Gasteiger partial charge in [0.2, 0.25) is 0 Å². The number of anilines is 1. The van der Waals surface area contributed by atoms with Gasteiger partial charge >= 0.3 is 10.2 Å². The molecule has 1 N–H and O–H groups in total. The second-order valence-electron chi connectivity index (χ2n) is 2.55. The summed E-state index contributed by atoms with van der Waals surface area (Å²) >= 11 is 11.3. The summed E-state index contributed by atoms with van der Waals surface area (Å²) in [4.78, 5) is 0. The second kappa shape index (κ2) is 4.83. The molecule has 0 amide bonds. The number of nitrogens with one attached hydrogen (secondary N) is 1. The molecule has 82 valence electrons. The van der Waals surface area contributed by atoms with Crippen LogP contribution in [0.4, 0.5) is 9.57 Å². The van der Waals surface area contributed by atoms with Gasteiger partial charge in [0, 0.05) is 11.9 Å². The highest BCUT2D eigenvalue weighted by molar-refractivity contribution is 7.89. The Balaban J connectivity index is 2.75. The van der Waals surface area contributed by atoms with Gasteiger partial charge in [-0.15, -0.1) is 3.89 Å². The summed E-state index contributed by atoms with van der Waals surface area (Å²) in [7, 11) is -4.61. The Bertz CT molecular complexity index is 487. The van der Waals surface area contributed by atoms with E-state index >= 15 is 0 Å². The smallest absolute Gasteiger partial charge is 0.326 e. The number of benzene rings is 1. The highest BCUT2D eigenvalue weighted by Crippen LogP contribution is 2.24. The van der Waals surface area contributed by atoms with Crippen LogP contribution in [0.3, 0.4) is 0 Å². The first-order valence-electron chi connectivity index (χ1n) is 3.71. The Morgan fingerprint density at radius 2 is 1.93 bits per heavy atom. The first kappa shape index (κ1) is 12.3. The first-order valence-corrected chi connectivity index (χ1v) is 5.91. The lowest BCUT2D eigenvalue weighted by molar-refractivity contribution is 0.563. The van der Waals surface area contributed by atoms with Gasteiger partial charge in [0.25, 0.3) is 0 Å². The molecule has 0 aliphatic carbocycles. The number of hydrogen-bond acceptors (Lipinski definition) is 3. The fourth-order valence-electron chi connectivity index (χ4n) is 0.797. The molecule has 1 rings (SSSR count). The SMILES string of the molecule is O=S(=O)(F)C=CNc1ccc(Cl)c(Cl)c1. The van der Waals surface area contributed by atoms with E-state index in [0.29, 0.717) is 21.1 Å². The molecule has 0 bridgehead atoms. The normalized spacial score (nSPS) is 11.9. The Morgan fingerprint density at radius 1 is 1.27 bits per heavy atom. The minimum absolute atomic E-state index is 0.318. The zero-order valence-corrected chi connectivity index (χ0v) is 9.57. The minimum Gasteiger partial charge on any atom is -0.361 e. The number of halogens is 3. The molecule has 0 radical (unpaired) electrons. The molecule has 7 heteroatoms. The van der Waals surface area contributed by atoms with Crippen LogP contribution >= 0.6 is 23.2 Å². The maximum Gasteiger partial charge on any atom is 0.326 e. The largest absolute Gasteiger partial charge is 0.361 e. The van der Waals surface area contributed by atoms with Crippen molar-refractivity contribution in [3.05, 3.63) is 39.9 Å². The average Bonchev–Trinajstić information content (AvgIpc) is 2.09. The van der Waals surface area contributed by atoms with Gasteiger partial charge in [-0.05, 0) is 18.2 Å². The Kier molecular flexibility index (Phi) is 3.96. The van der Waals surface area contributed by atoms with E-state index in [9.17, 15) is 12.3 Å². The van der Waals surface area contributed by atoms with Crippen molar-refractivity contribution in [1.29, 1.82) is 0 Å². The molecule has 0 atom stereocenters. The quantitative estimate of drug-likeness (QED) is 0.858. The average molecular weight is 270 g/mol. The van der Waals surface area contributed by atoms with Gasteiger partial charge in [0.1, 0.15) is 0 Å². The summed E-state index contributed by atoms with van der Waals surface area (Å²) in [5, 5.41) is 3.62. The van der Waals surface area contributed by atoms with E-state index in [1.807, 2.05) is 0 Å². The molecule has 0 unspecified atom stereocenters. The lowest BCUT2D eigenvalue weighted by Gasteiger charge is -2.01. The van der Waals surface area contributed by atoms with Crippen molar-refractivity contribution in [1.82, 2.24) is 0 Å². The summed E-state index contributed by atoms with van der Waals surface area (Å²) in [5.41, 5.74) is 0.504. The van der Waals surface area contributed by atoms with Gasteiger partial charge in [-0.3, -0.25) is 0 Å². The lowest BCUT2D eigenvalue weighted by atomic mass is 10.3. The molecule has 15 heavy (non-hydrogen) atoms. The predicted molar refractivity (Wildman–Crippen MR) is 59.3 cm³/mol. The molecule has 3 nitrogen and oxygen atoms in total. The van der Waals surface area contributed by atoms with Crippen LogP contribution in [0.5, 0.6) is 0 Å². The minimum atomic E-state index is -4.61. The van der Waals surface area contributed by atoms with Gasteiger partial charge < -0.3 is 5.32 Å². The monoisotopic (exact) mass is 269 g/mol. The van der Waals surface area contributed by atoms with Crippen molar-refractivity contribution in [3.8, 4) is 0 Å². The third-order valence-corrected chi connectivity index (χ3v) is 2.60. The van der Waals surface area contributed by atoms with Crippen molar-refractivity contribution in [2.45, 2.75) is 0 Å². The third kappa shape index (κ3) is 4.51. The van der Waals surface area contributed by atoms with E-state index in [1.165, 1.54) is 12.1 Å². The molecule has 0 heterocycles. The molecule has 0 aliphatic rings. The summed E-state index contributed by atoms with van der Waals surface area (Å²) in [6.07, 6.45) is 0.953. The number of rotatable bonds is 3. The molecule has 1 aromatic carbocycles. The summed E-state index contributed by atoms with van der Waals surface area (Å²) < 4.78 is 32.2. The van der Waals surface area contributed by atoms with Gasteiger partial charge in [-0.2, -0.15) is 8.42 Å². The maximum absolute atomic E-state index is 12.0. The van der Waals surface area contributed by atoms with Crippen LogP contribution in [0.1, 0.15) is 0 Å². The Morgan fingerprint density at radius 3 is 2.47 bits per heavy atom. The second-order valence-corrected chi connectivity index (χ2v) is 4.59. The van der Waals surface area contributed by atoms with Crippen molar-refractivity contribution in [2.75, 3.05) is 5.32 Å². The number of hydrogen-bond donors (Lipinski definition) is 1. The van der Waals surface area contributed by atoms with Crippen LogP contribution in [-0.4, -0.2) is 8.42 Å². The van der Waals surface area contributed by atoms with Gasteiger partial charge in [-0.1, -0.05) is 23.2 Å². The molecule has 0 aromatic heterocycles. The van der Waals surface area contributed by atoms with Crippen molar-refractivity contribution in [3.63, 3.8) is 0 Å². The van der Waals surface area contributed by atoms with Gasteiger partial charge in [0.05, 0.1) is 15.5 Å². The zero-order valence-electron chi connectivity index (χ0n) is 7.25. The molecule has 0 fully saturated rings. The van der Waals surface area contributed by atoms with E-state index in [2.05, 4.69) is 5.32 Å². The van der Waals surface area contributed by atoms with Crippen molar-refractivity contribution in [2.24, 2.45) is 0 Å². The molecule has 0 saturated carbocycles. The predicted octanol–water partition coefficient (Wildman–Crippen LogP) is 3.18. The topological polar surface area (TPSA) is 46.2 Å². The zero-order chi connectivity index (χ0) is 11.5. The Labute approximate surface area is 96.7 Å². The van der Waals surface area contributed by atoms with Crippen LogP contribution in [0.2, 0.25) is 10.0 Å². The summed E-state index contributed by atoms with van der Waals surface area (Å²) in [6.45, 7) is 0. The molecule has 1 aromatic rings.